The topological polar surface area (TPSA) is 97.1 Å². The Morgan fingerprint density at radius 1 is 1.12 bits per heavy atom. The van der Waals surface area contributed by atoms with Crippen LogP contribution in [0, 0.1) is 0 Å². The minimum Gasteiger partial charge on any atom is -0.481 e. The predicted molar refractivity (Wildman–Crippen MR) is 89.0 cm³/mol. The van der Waals surface area contributed by atoms with Gasteiger partial charge in [-0.05, 0) is 31.0 Å². The molecular weight excluding hydrogens is 308 g/mol. The fourth-order valence-electron chi connectivity index (χ4n) is 2.33. The number of carboxylic acids is 1. The molecule has 0 saturated heterocycles. The van der Waals surface area contributed by atoms with Crippen molar-refractivity contribution < 1.29 is 14.7 Å². The summed E-state index contributed by atoms with van der Waals surface area (Å²) >= 11 is 0. The molecule has 0 atom stereocenters. The van der Waals surface area contributed by atoms with Gasteiger partial charge < -0.3 is 10.4 Å². The summed E-state index contributed by atoms with van der Waals surface area (Å²) in [6.45, 7) is 0.589. The first-order chi connectivity index (χ1) is 11.7. The number of nitrogens with one attached hydrogen (secondary N) is 1. The third-order valence-electron chi connectivity index (χ3n) is 3.60. The first-order valence-electron chi connectivity index (χ1n) is 8.13. The van der Waals surface area contributed by atoms with Gasteiger partial charge in [0, 0.05) is 31.6 Å². The van der Waals surface area contributed by atoms with Gasteiger partial charge in [-0.2, -0.15) is 5.10 Å². The Bertz CT molecular complexity index is 656. The molecule has 24 heavy (non-hydrogen) atoms. The maximum atomic E-state index is 12.1. The van der Waals surface area contributed by atoms with Crippen LogP contribution in [0.2, 0.25) is 0 Å². The molecule has 128 valence electrons. The molecule has 2 rings (SSSR count). The summed E-state index contributed by atoms with van der Waals surface area (Å²) in [6.07, 6.45) is 9.76. The van der Waals surface area contributed by atoms with E-state index in [1.807, 2.05) is 6.07 Å². The molecule has 0 aliphatic carbocycles. The molecule has 0 spiro atoms. The monoisotopic (exact) mass is 330 g/mol. The SMILES string of the molecule is O=C(O)CCCCCCCNC(=O)c1cc(-n2cccn2)ccn1. The van der Waals surface area contributed by atoms with E-state index in [1.54, 1.807) is 35.4 Å². The maximum Gasteiger partial charge on any atom is 0.303 e. The van der Waals surface area contributed by atoms with Crippen molar-refractivity contribution in [3.05, 3.63) is 42.5 Å². The molecule has 2 aromatic rings. The number of nitrogens with zero attached hydrogens (tertiary/aromatic N) is 3. The summed E-state index contributed by atoms with van der Waals surface area (Å²) in [5.74, 6) is -0.943. The van der Waals surface area contributed by atoms with Gasteiger partial charge in [0.1, 0.15) is 5.69 Å². The second kappa shape index (κ2) is 9.44. The van der Waals surface area contributed by atoms with Crippen molar-refractivity contribution in [3.63, 3.8) is 0 Å². The van der Waals surface area contributed by atoms with Gasteiger partial charge >= 0.3 is 5.97 Å². The summed E-state index contributed by atoms with van der Waals surface area (Å²) in [5, 5.41) is 15.5. The molecule has 0 fully saturated rings. The minimum atomic E-state index is -0.743. The number of rotatable bonds is 10. The van der Waals surface area contributed by atoms with Crippen LogP contribution in [0.1, 0.15) is 49.0 Å². The average Bonchev–Trinajstić information content (AvgIpc) is 3.11. The van der Waals surface area contributed by atoms with Crippen LogP contribution < -0.4 is 5.32 Å². The highest BCUT2D eigenvalue weighted by atomic mass is 16.4. The van der Waals surface area contributed by atoms with Crippen molar-refractivity contribution in [3.8, 4) is 5.69 Å². The van der Waals surface area contributed by atoms with Crippen molar-refractivity contribution in [2.75, 3.05) is 6.54 Å². The smallest absolute Gasteiger partial charge is 0.303 e. The molecule has 2 aromatic heterocycles. The zero-order valence-electron chi connectivity index (χ0n) is 13.5. The van der Waals surface area contributed by atoms with Gasteiger partial charge in [-0.25, -0.2) is 4.68 Å². The van der Waals surface area contributed by atoms with E-state index in [0.29, 0.717) is 18.7 Å². The zero-order valence-corrected chi connectivity index (χ0v) is 13.5. The van der Waals surface area contributed by atoms with E-state index in [2.05, 4.69) is 15.4 Å². The minimum absolute atomic E-state index is 0.199. The van der Waals surface area contributed by atoms with Crippen LogP contribution in [0.25, 0.3) is 5.69 Å². The Hall–Kier alpha value is -2.70. The zero-order chi connectivity index (χ0) is 17.2. The van der Waals surface area contributed by atoms with Gasteiger partial charge in [-0.1, -0.05) is 19.3 Å². The number of aromatic nitrogens is 3. The Kier molecular flexibility index (Phi) is 6.94. The molecule has 0 bridgehead atoms. The summed E-state index contributed by atoms with van der Waals surface area (Å²) in [7, 11) is 0. The van der Waals surface area contributed by atoms with Gasteiger partial charge in [0.25, 0.3) is 5.91 Å². The lowest BCUT2D eigenvalue weighted by Gasteiger charge is -2.06. The van der Waals surface area contributed by atoms with Gasteiger partial charge in [-0.3, -0.25) is 14.6 Å². The summed E-state index contributed by atoms with van der Waals surface area (Å²) in [6, 6.07) is 5.31. The number of carboxylic acid groups (broad SMARTS) is 1. The van der Waals surface area contributed by atoms with Crippen LogP contribution in [-0.2, 0) is 4.79 Å². The van der Waals surface area contributed by atoms with Crippen molar-refractivity contribution in [1.29, 1.82) is 0 Å². The lowest BCUT2D eigenvalue weighted by Crippen LogP contribution is -2.25. The fourth-order valence-corrected chi connectivity index (χ4v) is 2.33. The quantitative estimate of drug-likeness (QED) is 0.652. The molecule has 0 unspecified atom stereocenters. The van der Waals surface area contributed by atoms with Crippen LogP contribution >= 0.6 is 0 Å². The number of carbonyl (C=O) groups is 2. The first-order valence-corrected chi connectivity index (χ1v) is 8.13. The first kappa shape index (κ1) is 17.7. The highest BCUT2D eigenvalue weighted by molar-refractivity contribution is 5.92. The number of carbonyl (C=O) groups excluding carboxylic acids is 1. The Labute approximate surface area is 140 Å². The van der Waals surface area contributed by atoms with Crippen LogP contribution in [-0.4, -0.2) is 38.3 Å². The largest absolute Gasteiger partial charge is 0.481 e. The molecule has 1 amide bonds. The van der Waals surface area contributed by atoms with Crippen LogP contribution in [0.4, 0.5) is 0 Å². The molecule has 0 saturated carbocycles. The normalized spacial score (nSPS) is 10.5. The summed E-state index contributed by atoms with van der Waals surface area (Å²) in [4.78, 5) is 26.6. The Morgan fingerprint density at radius 2 is 1.92 bits per heavy atom. The average molecular weight is 330 g/mol. The van der Waals surface area contributed by atoms with Gasteiger partial charge in [0.2, 0.25) is 0 Å². The molecule has 2 heterocycles. The number of hydrogen-bond donors (Lipinski definition) is 2. The number of pyridine rings is 1. The van der Waals surface area contributed by atoms with E-state index >= 15 is 0 Å². The van der Waals surface area contributed by atoms with E-state index in [-0.39, 0.29) is 12.3 Å². The highest BCUT2D eigenvalue weighted by Gasteiger charge is 2.08. The molecule has 0 aliphatic rings. The van der Waals surface area contributed by atoms with Crippen molar-refractivity contribution >= 4 is 11.9 Å². The van der Waals surface area contributed by atoms with Gasteiger partial charge in [-0.15, -0.1) is 0 Å². The number of amides is 1. The lowest BCUT2D eigenvalue weighted by atomic mass is 10.1. The maximum absolute atomic E-state index is 12.1. The van der Waals surface area contributed by atoms with Gasteiger partial charge in [0.15, 0.2) is 0 Å². The van der Waals surface area contributed by atoms with Crippen LogP contribution in [0.5, 0.6) is 0 Å². The highest BCUT2D eigenvalue weighted by Crippen LogP contribution is 2.08. The standard InChI is InChI=1S/C17H22N4O3/c22-16(23)7-4-2-1-3-5-9-19-17(24)15-13-14(8-11-18-15)21-12-6-10-20-21/h6,8,10-13H,1-5,7,9H2,(H,19,24)(H,22,23). The van der Waals surface area contributed by atoms with Crippen molar-refractivity contribution in [1.82, 2.24) is 20.1 Å². The Morgan fingerprint density at radius 3 is 2.67 bits per heavy atom. The third kappa shape index (κ3) is 5.83. The summed E-state index contributed by atoms with van der Waals surface area (Å²) in [5.41, 5.74) is 1.16. The Balaban J connectivity index is 1.68. The molecule has 0 aliphatic heterocycles. The number of aliphatic carboxylic acids is 1. The third-order valence-corrected chi connectivity index (χ3v) is 3.60. The van der Waals surface area contributed by atoms with E-state index in [1.165, 1.54) is 0 Å². The number of hydrogen-bond acceptors (Lipinski definition) is 4. The molecule has 2 N–H and O–H groups in total. The molecule has 0 radical (unpaired) electrons. The van der Waals surface area contributed by atoms with E-state index < -0.39 is 5.97 Å². The molecule has 7 heteroatoms. The predicted octanol–water partition coefficient (Wildman–Crippen LogP) is 2.42. The second-order valence-corrected chi connectivity index (χ2v) is 5.52. The van der Waals surface area contributed by atoms with E-state index in [0.717, 1.165) is 31.4 Å². The van der Waals surface area contributed by atoms with E-state index in [9.17, 15) is 9.59 Å². The van der Waals surface area contributed by atoms with Crippen LogP contribution in [0.15, 0.2) is 36.8 Å². The lowest BCUT2D eigenvalue weighted by molar-refractivity contribution is -0.137. The van der Waals surface area contributed by atoms with Crippen molar-refractivity contribution in [2.45, 2.75) is 38.5 Å². The van der Waals surface area contributed by atoms with Gasteiger partial charge in [0.05, 0.1) is 5.69 Å². The summed E-state index contributed by atoms with van der Waals surface area (Å²) < 4.78 is 1.68. The molecule has 0 aromatic carbocycles. The van der Waals surface area contributed by atoms with Crippen LogP contribution in [0.3, 0.4) is 0 Å². The fraction of sp³-hybridized carbons (Fsp3) is 0.412. The number of unbranched alkanes of at least 4 members (excludes halogenated alkanes) is 4. The van der Waals surface area contributed by atoms with Crippen molar-refractivity contribution in [2.24, 2.45) is 0 Å². The molecule has 7 nitrogen and oxygen atoms in total. The second-order valence-electron chi connectivity index (χ2n) is 5.52. The van der Waals surface area contributed by atoms with E-state index in [4.69, 9.17) is 5.11 Å². The molecular formula is C17H22N4O3.